The zero-order valence-electron chi connectivity index (χ0n) is 17.9. The van der Waals surface area contributed by atoms with Gasteiger partial charge in [0.1, 0.15) is 5.56 Å². The van der Waals surface area contributed by atoms with Gasteiger partial charge in [-0.05, 0) is 61.4 Å². The highest BCUT2D eigenvalue weighted by atomic mass is 16.5. The molecule has 0 radical (unpaired) electrons. The van der Waals surface area contributed by atoms with E-state index >= 15 is 0 Å². The number of pyridine rings is 1. The molecule has 1 unspecified atom stereocenters. The molecule has 0 saturated carbocycles. The van der Waals surface area contributed by atoms with E-state index in [1.807, 2.05) is 24.3 Å². The van der Waals surface area contributed by atoms with Gasteiger partial charge >= 0.3 is 0 Å². The van der Waals surface area contributed by atoms with Crippen molar-refractivity contribution in [2.75, 3.05) is 33.9 Å². The summed E-state index contributed by atoms with van der Waals surface area (Å²) in [6, 6.07) is 7.49. The largest absolute Gasteiger partial charge is 0.493 e. The smallest absolute Gasteiger partial charge is 0.263 e. The number of likely N-dealkylation sites (tertiary alicyclic amines) is 1. The van der Waals surface area contributed by atoms with Crippen molar-refractivity contribution in [1.29, 1.82) is 0 Å². The van der Waals surface area contributed by atoms with Gasteiger partial charge in [-0.2, -0.15) is 0 Å². The minimum atomic E-state index is -0.272. The zero-order valence-corrected chi connectivity index (χ0v) is 17.9. The number of methoxy groups -OCH3 is 2. The molecule has 1 aliphatic rings. The molecule has 1 saturated heterocycles. The summed E-state index contributed by atoms with van der Waals surface area (Å²) in [5, 5.41) is 9.44. The van der Waals surface area contributed by atoms with Crippen LogP contribution in [0.15, 0.2) is 35.3 Å². The number of piperidine rings is 1. The molecule has 1 aliphatic heterocycles. The molecule has 3 rings (SSSR count). The first-order valence-electron chi connectivity index (χ1n) is 10.3. The summed E-state index contributed by atoms with van der Waals surface area (Å²) < 4.78 is 12.2. The van der Waals surface area contributed by atoms with Crippen molar-refractivity contribution in [1.82, 2.24) is 9.47 Å². The van der Waals surface area contributed by atoms with E-state index in [0.29, 0.717) is 43.1 Å². The lowest BCUT2D eigenvalue weighted by Crippen LogP contribution is -2.43. The Morgan fingerprint density at radius 2 is 1.97 bits per heavy atom. The molecule has 1 atom stereocenters. The van der Waals surface area contributed by atoms with Gasteiger partial charge in [-0.25, -0.2) is 0 Å². The second-order valence-corrected chi connectivity index (χ2v) is 7.75. The van der Waals surface area contributed by atoms with Crippen LogP contribution in [-0.4, -0.2) is 54.4 Å². The second kappa shape index (κ2) is 9.80. The molecule has 30 heavy (non-hydrogen) atoms. The van der Waals surface area contributed by atoms with Crippen LogP contribution in [0.25, 0.3) is 0 Å². The van der Waals surface area contributed by atoms with Crippen LogP contribution in [0, 0.1) is 12.8 Å². The molecule has 0 spiro atoms. The molecule has 2 aromatic rings. The lowest BCUT2D eigenvalue weighted by Gasteiger charge is -2.32. The van der Waals surface area contributed by atoms with Crippen LogP contribution in [0.4, 0.5) is 0 Å². The Morgan fingerprint density at radius 1 is 1.20 bits per heavy atom. The van der Waals surface area contributed by atoms with Crippen LogP contribution in [0.3, 0.4) is 0 Å². The molecule has 1 amide bonds. The molecule has 0 bridgehead atoms. The summed E-state index contributed by atoms with van der Waals surface area (Å²) >= 11 is 0. The van der Waals surface area contributed by atoms with Gasteiger partial charge in [0, 0.05) is 32.4 Å². The lowest BCUT2D eigenvalue weighted by atomic mass is 9.98. The lowest BCUT2D eigenvalue weighted by molar-refractivity contribution is 0.0617. The maximum atomic E-state index is 13.1. The Kier molecular flexibility index (Phi) is 7.15. The van der Waals surface area contributed by atoms with Gasteiger partial charge in [0.25, 0.3) is 11.5 Å². The van der Waals surface area contributed by atoms with E-state index in [2.05, 4.69) is 0 Å². The topological polar surface area (TPSA) is 81.0 Å². The van der Waals surface area contributed by atoms with Crippen LogP contribution >= 0.6 is 0 Å². The monoisotopic (exact) mass is 414 g/mol. The highest BCUT2D eigenvalue weighted by Gasteiger charge is 2.27. The first kappa shape index (κ1) is 21.9. The first-order valence-corrected chi connectivity index (χ1v) is 10.3. The molecule has 2 heterocycles. The van der Waals surface area contributed by atoms with Crippen LogP contribution < -0.4 is 15.0 Å². The molecule has 1 aromatic heterocycles. The van der Waals surface area contributed by atoms with Crippen molar-refractivity contribution >= 4 is 5.91 Å². The normalized spacial score (nSPS) is 16.4. The minimum absolute atomic E-state index is 0.0626. The van der Waals surface area contributed by atoms with Gasteiger partial charge in [0.15, 0.2) is 11.5 Å². The summed E-state index contributed by atoms with van der Waals surface area (Å²) in [6.07, 6.45) is 4.11. The fourth-order valence-corrected chi connectivity index (χ4v) is 3.94. The summed E-state index contributed by atoms with van der Waals surface area (Å²) in [5.41, 5.74) is 1.64. The van der Waals surface area contributed by atoms with Crippen LogP contribution in [-0.2, 0) is 13.0 Å². The third-order valence-electron chi connectivity index (χ3n) is 5.74. The quantitative estimate of drug-likeness (QED) is 0.752. The summed E-state index contributed by atoms with van der Waals surface area (Å²) in [5.74, 6) is 1.14. The van der Waals surface area contributed by atoms with Crippen LogP contribution in [0.2, 0.25) is 0 Å². The van der Waals surface area contributed by atoms with E-state index in [1.165, 1.54) is 0 Å². The average molecular weight is 415 g/mol. The van der Waals surface area contributed by atoms with E-state index < -0.39 is 0 Å². The number of aryl methyl sites for hydroxylation is 3. The molecule has 7 nitrogen and oxygen atoms in total. The number of carbonyl (C=O) groups excluding carboxylic acids is 1. The molecule has 1 N–H and O–H groups in total. The van der Waals surface area contributed by atoms with Crippen molar-refractivity contribution in [3.05, 3.63) is 57.5 Å². The van der Waals surface area contributed by atoms with E-state index in [1.54, 1.807) is 36.8 Å². The van der Waals surface area contributed by atoms with E-state index in [0.717, 1.165) is 18.4 Å². The molecule has 1 fully saturated rings. The Bertz CT molecular complexity index is 953. The summed E-state index contributed by atoms with van der Waals surface area (Å²) in [4.78, 5) is 27.9. The number of benzene rings is 1. The average Bonchev–Trinajstić information content (AvgIpc) is 2.78. The van der Waals surface area contributed by atoms with Crippen molar-refractivity contribution in [2.24, 2.45) is 5.92 Å². The Balaban J connectivity index is 1.79. The standard InChI is InChI=1S/C23H30N2O5/c1-16-8-11-24(12-9-17-6-7-19(29-2)20(13-17)30-3)22(27)21(16)23(28)25-10-4-5-18(14-25)15-26/h6-8,11,13,18,26H,4-5,9-10,12,14-15H2,1-3H3. The third-order valence-corrected chi connectivity index (χ3v) is 5.74. The Labute approximate surface area is 176 Å². The number of aliphatic hydroxyl groups excluding tert-OH is 1. The third kappa shape index (κ3) is 4.67. The van der Waals surface area contributed by atoms with E-state index in [-0.39, 0.29) is 29.6 Å². The summed E-state index contributed by atoms with van der Waals surface area (Å²) in [6.45, 7) is 3.42. The number of carbonyl (C=O) groups is 1. The minimum Gasteiger partial charge on any atom is -0.493 e. The van der Waals surface area contributed by atoms with Crippen LogP contribution in [0.5, 0.6) is 11.5 Å². The predicted molar refractivity (Wildman–Crippen MR) is 114 cm³/mol. The SMILES string of the molecule is COc1ccc(CCn2ccc(C)c(C(=O)N3CCCC(CO)C3)c2=O)cc1OC. The fraction of sp³-hybridized carbons (Fsp3) is 0.478. The van der Waals surface area contributed by atoms with Crippen LogP contribution in [0.1, 0.15) is 34.3 Å². The highest BCUT2D eigenvalue weighted by Crippen LogP contribution is 2.27. The number of nitrogens with zero attached hydrogens (tertiary/aromatic N) is 2. The van der Waals surface area contributed by atoms with Gasteiger partial charge in [-0.15, -0.1) is 0 Å². The number of aromatic nitrogens is 1. The maximum absolute atomic E-state index is 13.1. The van der Waals surface area contributed by atoms with E-state index in [4.69, 9.17) is 9.47 Å². The molecular formula is C23H30N2O5. The number of hydrogen-bond acceptors (Lipinski definition) is 5. The highest BCUT2D eigenvalue weighted by molar-refractivity contribution is 5.95. The van der Waals surface area contributed by atoms with Gasteiger partial charge in [-0.3, -0.25) is 9.59 Å². The van der Waals surface area contributed by atoms with Gasteiger partial charge in [0.2, 0.25) is 0 Å². The van der Waals surface area contributed by atoms with Crippen molar-refractivity contribution in [3.8, 4) is 11.5 Å². The number of rotatable bonds is 7. The Hall–Kier alpha value is -2.80. The maximum Gasteiger partial charge on any atom is 0.263 e. The number of hydrogen-bond donors (Lipinski definition) is 1. The van der Waals surface area contributed by atoms with Crippen molar-refractivity contribution in [2.45, 2.75) is 32.7 Å². The zero-order chi connectivity index (χ0) is 21.7. The molecule has 0 aliphatic carbocycles. The van der Waals surface area contributed by atoms with Gasteiger partial charge in [-0.1, -0.05) is 6.07 Å². The number of amides is 1. The van der Waals surface area contributed by atoms with Crippen molar-refractivity contribution < 1.29 is 19.4 Å². The molecule has 1 aromatic carbocycles. The summed E-state index contributed by atoms with van der Waals surface area (Å²) in [7, 11) is 3.18. The number of ether oxygens (including phenoxy) is 2. The predicted octanol–water partition coefficient (Wildman–Crippen LogP) is 2.26. The second-order valence-electron chi connectivity index (χ2n) is 7.75. The molecule has 162 valence electrons. The fourth-order valence-electron chi connectivity index (χ4n) is 3.94. The van der Waals surface area contributed by atoms with Crippen molar-refractivity contribution in [3.63, 3.8) is 0 Å². The Morgan fingerprint density at radius 3 is 2.67 bits per heavy atom. The molecule has 7 heteroatoms. The van der Waals surface area contributed by atoms with Gasteiger partial charge < -0.3 is 24.0 Å². The first-order chi connectivity index (χ1) is 14.5. The number of aliphatic hydroxyl groups is 1. The van der Waals surface area contributed by atoms with Gasteiger partial charge in [0.05, 0.1) is 14.2 Å². The van der Waals surface area contributed by atoms with E-state index in [9.17, 15) is 14.7 Å². The molecular weight excluding hydrogens is 384 g/mol.